The zero-order chi connectivity index (χ0) is 31.1. The van der Waals surface area contributed by atoms with Crippen LogP contribution in [0.5, 0.6) is 0 Å². The van der Waals surface area contributed by atoms with Crippen LogP contribution in [0.1, 0.15) is 68.1 Å². The first-order chi connectivity index (χ1) is 20.5. The first-order valence-electron chi connectivity index (χ1n) is 14.3. The van der Waals surface area contributed by atoms with Gasteiger partial charge in [-0.25, -0.2) is 14.2 Å². The van der Waals surface area contributed by atoms with Crippen molar-refractivity contribution in [2.75, 3.05) is 24.5 Å². The van der Waals surface area contributed by atoms with Crippen LogP contribution in [-0.2, 0) is 5.41 Å². The number of amides is 2. The minimum absolute atomic E-state index is 0. The van der Waals surface area contributed by atoms with Gasteiger partial charge in [-0.05, 0) is 104 Å². The minimum Gasteiger partial charge on any atom is -0.352 e. The molecule has 2 aliphatic heterocycles. The average molecular weight is 642 g/mol. The molecule has 0 bridgehead atoms. The fourth-order valence-electron chi connectivity index (χ4n) is 5.02. The van der Waals surface area contributed by atoms with E-state index in [0.717, 1.165) is 41.3 Å². The highest BCUT2D eigenvalue weighted by Gasteiger charge is 2.34. The van der Waals surface area contributed by atoms with Crippen LogP contribution in [0.25, 0.3) is 0 Å². The van der Waals surface area contributed by atoms with Gasteiger partial charge in [0.25, 0.3) is 11.1 Å². The number of halogens is 3. The van der Waals surface area contributed by atoms with E-state index in [0.29, 0.717) is 18.7 Å². The fourth-order valence-corrected chi connectivity index (χ4v) is 5.74. The molecule has 1 atom stereocenters. The van der Waals surface area contributed by atoms with Gasteiger partial charge in [-0.15, -0.1) is 12.4 Å². The number of amidine groups is 1. The van der Waals surface area contributed by atoms with Crippen molar-refractivity contribution in [2.45, 2.75) is 51.7 Å². The lowest BCUT2D eigenvalue weighted by atomic mass is 9.76. The predicted octanol–water partition coefficient (Wildman–Crippen LogP) is 7.33. The van der Waals surface area contributed by atoms with Gasteiger partial charge in [-0.3, -0.25) is 14.6 Å². The number of fused-ring (bicyclic) bond motifs is 1. The molecule has 234 valence electrons. The van der Waals surface area contributed by atoms with Gasteiger partial charge >= 0.3 is 0 Å². The number of anilines is 1. The summed E-state index contributed by atoms with van der Waals surface area (Å²) in [7, 11) is 0. The Morgan fingerprint density at radius 1 is 1.05 bits per heavy atom. The van der Waals surface area contributed by atoms with Crippen LogP contribution in [0.4, 0.5) is 19.3 Å². The van der Waals surface area contributed by atoms with E-state index in [9.17, 15) is 18.4 Å². The second kappa shape index (κ2) is 15.3. The largest absolute Gasteiger partial charge is 0.352 e. The van der Waals surface area contributed by atoms with Gasteiger partial charge in [-0.2, -0.15) is 5.10 Å². The molecule has 0 aliphatic carbocycles. The van der Waals surface area contributed by atoms with Gasteiger partial charge in [0.15, 0.2) is 0 Å². The number of rotatable bonds is 5. The van der Waals surface area contributed by atoms with E-state index in [2.05, 4.69) is 52.8 Å². The van der Waals surface area contributed by atoms with Gasteiger partial charge < -0.3 is 10.2 Å². The van der Waals surface area contributed by atoms with Gasteiger partial charge in [-0.1, -0.05) is 31.7 Å². The summed E-state index contributed by atoms with van der Waals surface area (Å²) in [5, 5.41) is 6.81. The molecule has 3 aromatic carbocycles. The highest BCUT2D eigenvalue weighted by molar-refractivity contribution is 8.14. The zero-order valence-corrected chi connectivity index (χ0v) is 27.1. The summed E-state index contributed by atoms with van der Waals surface area (Å²) < 4.78 is 25.9. The molecule has 0 aromatic heterocycles. The molecule has 0 spiro atoms. The Bertz CT molecular complexity index is 1530. The molecule has 2 heterocycles. The summed E-state index contributed by atoms with van der Waals surface area (Å²) in [4.78, 5) is 29.8. The standard InChI is InChI=1S/C24H27FN4OS.C9H10FNO.ClH/c1-5-26-22(16-6-9-18(25)10-7-16)29-13-12-24(3,4)19-14-17(8-11-20(19)29)21-15(2)31-23(30)28-27-21;1-2-11-9(12)7-3-5-8(10)6-4-7;/h6-11,14-15H,5,12-13H2,1-4H3,(H,28,30);3-6H,2H2,1H3,(H,11,12);1H. The van der Waals surface area contributed by atoms with Crippen molar-refractivity contribution in [3.05, 3.63) is 101 Å². The molecule has 44 heavy (non-hydrogen) atoms. The van der Waals surface area contributed by atoms with Crippen LogP contribution in [-0.4, -0.2) is 47.6 Å². The van der Waals surface area contributed by atoms with Crippen LogP contribution in [0, 0.1) is 11.6 Å². The molecule has 2 amide bonds. The van der Waals surface area contributed by atoms with Gasteiger partial charge in [0.1, 0.15) is 17.5 Å². The van der Waals surface area contributed by atoms with Crippen molar-refractivity contribution in [3.8, 4) is 0 Å². The summed E-state index contributed by atoms with van der Waals surface area (Å²) in [5.74, 6) is 0.107. The Morgan fingerprint density at radius 2 is 1.66 bits per heavy atom. The zero-order valence-electron chi connectivity index (χ0n) is 25.5. The third-order valence-electron chi connectivity index (χ3n) is 7.32. The Morgan fingerprint density at radius 3 is 2.23 bits per heavy atom. The Labute approximate surface area is 268 Å². The van der Waals surface area contributed by atoms with E-state index in [4.69, 9.17) is 4.99 Å². The molecule has 5 rings (SSSR count). The monoisotopic (exact) mass is 641 g/mol. The molecular formula is C33H38ClF2N5O2S. The second-order valence-corrected chi connectivity index (χ2v) is 12.2. The molecule has 0 saturated heterocycles. The first kappa shape index (κ1) is 34.7. The lowest BCUT2D eigenvalue weighted by Gasteiger charge is -2.41. The van der Waals surface area contributed by atoms with E-state index < -0.39 is 0 Å². The van der Waals surface area contributed by atoms with Crippen molar-refractivity contribution in [3.63, 3.8) is 0 Å². The highest BCUT2D eigenvalue weighted by Crippen LogP contribution is 2.41. The van der Waals surface area contributed by atoms with Crippen molar-refractivity contribution < 1.29 is 18.4 Å². The number of nitrogens with zero attached hydrogens (tertiary/aromatic N) is 3. The number of carbonyl (C=O) groups excluding carboxylic acids is 2. The number of nitrogens with one attached hydrogen (secondary N) is 2. The topological polar surface area (TPSA) is 86.2 Å². The maximum atomic E-state index is 13.5. The van der Waals surface area contributed by atoms with Crippen LogP contribution < -0.4 is 15.6 Å². The summed E-state index contributed by atoms with van der Waals surface area (Å²) in [6.45, 7) is 12.4. The Hall–Kier alpha value is -3.76. The predicted molar refractivity (Wildman–Crippen MR) is 179 cm³/mol. The highest BCUT2D eigenvalue weighted by atomic mass is 35.5. The van der Waals surface area contributed by atoms with Crippen molar-refractivity contribution in [1.29, 1.82) is 0 Å². The molecule has 11 heteroatoms. The number of carbonyl (C=O) groups is 2. The lowest BCUT2D eigenvalue weighted by Crippen LogP contribution is -2.42. The van der Waals surface area contributed by atoms with Crippen molar-refractivity contribution >= 4 is 52.6 Å². The molecule has 0 radical (unpaired) electrons. The maximum absolute atomic E-state index is 13.5. The molecule has 1 unspecified atom stereocenters. The van der Waals surface area contributed by atoms with Gasteiger partial charge in [0, 0.05) is 36.4 Å². The summed E-state index contributed by atoms with van der Waals surface area (Å²) in [5.41, 5.74) is 8.18. The van der Waals surface area contributed by atoms with Crippen LogP contribution in [0.2, 0.25) is 0 Å². The molecular weight excluding hydrogens is 604 g/mol. The number of hydrogen-bond acceptors (Lipinski definition) is 5. The summed E-state index contributed by atoms with van der Waals surface area (Å²) >= 11 is 1.25. The number of hydrogen-bond donors (Lipinski definition) is 2. The fraction of sp³-hybridized carbons (Fsp3) is 0.333. The number of thioether (sulfide) groups is 1. The second-order valence-electron chi connectivity index (χ2n) is 10.8. The van der Waals surface area contributed by atoms with E-state index in [1.165, 1.54) is 53.7 Å². The SMILES string of the molecule is CCN=C(c1ccc(F)cc1)N1CCC(C)(C)c2cc(C3=NNC(=O)SC3C)ccc21.CCNC(=O)c1ccc(F)cc1.Cl. The van der Waals surface area contributed by atoms with Gasteiger partial charge in [0.2, 0.25) is 0 Å². The van der Waals surface area contributed by atoms with Crippen LogP contribution in [0.3, 0.4) is 0 Å². The summed E-state index contributed by atoms with van der Waals surface area (Å²) in [6, 6.07) is 18.4. The van der Waals surface area contributed by atoms with Gasteiger partial charge in [0.05, 0.1) is 11.0 Å². The number of aliphatic imine (C=N–C) groups is 1. The Kier molecular flexibility index (Phi) is 12.1. The number of benzene rings is 3. The van der Waals surface area contributed by atoms with Crippen LogP contribution in [0.15, 0.2) is 76.8 Å². The van der Waals surface area contributed by atoms with E-state index in [1.54, 1.807) is 12.1 Å². The van der Waals surface area contributed by atoms with E-state index in [1.807, 2.05) is 20.8 Å². The Balaban J connectivity index is 0.000000344. The average Bonchev–Trinajstić information content (AvgIpc) is 2.98. The molecule has 0 saturated carbocycles. The normalized spacial score (nSPS) is 17.2. The number of hydrazone groups is 1. The molecule has 2 N–H and O–H groups in total. The molecule has 0 fully saturated rings. The van der Waals surface area contributed by atoms with Crippen molar-refractivity contribution in [1.82, 2.24) is 10.7 Å². The van der Waals surface area contributed by atoms with E-state index >= 15 is 0 Å². The lowest BCUT2D eigenvalue weighted by molar-refractivity contribution is 0.0955. The third kappa shape index (κ3) is 8.24. The minimum atomic E-state index is -0.331. The van der Waals surface area contributed by atoms with Crippen molar-refractivity contribution in [2.24, 2.45) is 10.1 Å². The van der Waals surface area contributed by atoms with Crippen LogP contribution >= 0.6 is 24.2 Å². The first-order valence-corrected chi connectivity index (χ1v) is 15.2. The molecule has 7 nitrogen and oxygen atoms in total. The smallest absolute Gasteiger partial charge is 0.299 e. The summed E-state index contributed by atoms with van der Waals surface area (Å²) in [6.07, 6.45) is 0.959. The third-order valence-corrected chi connectivity index (χ3v) is 8.20. The molecule has 3 aromatic rings. The molecule has 2 aliphatic rings. The maximum Gasteiger partial charge on any atom is 0.299 e. The van der Waals surface area contributed by atoms with E-state index in [-0.39, 0.29) is 45.9 Å². The quantitative estimate of drug-likeness (QED) is 0.226.